The van der Waals surface area contributed by atoms with Gasteiger partial charge in [0.2, 0.25) is 0 Å². The number of carbonyl (C=O) groups is 3. The van der Waals surface area contributed by atoms with E-state index in [2.05, 4.69) is 4.98 Å². The van der Waals surface area contributed by atoms with Gasteiger partial charge < -0.3 is 29.3 Å². The molecule has 2 heterocycles. The van der Waals surface area contributed by atoms with E-state index in [9.17, 15) is 29.0 Å². The summed E-state index contributed by atoms with van der Waals surface area (Å²) in [6, 6.07) is 3.88. The number of ether oxygens (including phenoxy) is 1. The minimum absolute atomic E-state index is 0.0148. The molecule has 198 valence electrons. The molecule has 1 aromatic heterocycles. The summed E-state index contributed by atoms with van der Waals surface area (Å²) in [5.41, 5.74) is -0.779. The molecule has 0 bridgehead atoms. The Balaban J connectivity index is 2.05. The Morgan fingerprint density at radius 2 is 2.00 bits per heavy atom. The molecular formula is C25H35FN4O6. The summed E-state index contributed by atoms with van der Waals surface area (Å²) in [5.74, 6) is -2.07. The number of unbranched alkanes of at least 4 members (excludes halogenated alkanes) is 1. The lowest BCUT2D eigenvalue weighted by Gasteiger charge is -2.45. The van der Waals surface area contributed by atoms with Crippen molar-refractivity contribution in [3.05, 3.63) is 29.8 Å². The van der Waals surface area contributed by atoms with Gasteiger partial charge in [-0.05, 0) is 44.2 Å². The quantitative estimate of drug-likeness (QED) is 0.472. The Hall–Kier alpha value is -3.21. The Morgan fingerprint density at radius 3 is 2.61 bits per heavy atom. The number of carboxylic acid groups (broad SMARTS) is 2. The molecule has 0 aliphatic carbocycles. The first kappa shape index (κ1) is 27.4. The number of aromatic nitrogens is 2. The number of benzene rings is 1. The van der Waals surface area contributed by atoms with E-state index >= 15 is 0 Å². The summed E-state index contributed by atoms with van der Waals surface area (Å²) < 4.78 is 21.4. The van der Waals surface area contributed by atoms with Crippen molar-refractivity contribution >= 4 is 29.0 Å². The van der Waals surface area contributed by atoms with Crippen LogP contribution in [-0.2, 0) is 16.1 Å². The van der Waals surface area contributed by atoms with Crippen LogP contribution >= 0.6 is 0 Å². The van der Waals surface area contributed by atoms with Crippen LogP contribution in [0.2, 0.25) is 0 Å². The molecule has 0 saturated carbocycles. The van der Waals surface area contributed by atoms with Crippen LogP contribution in [-0.4, -0.2) is 86.9 Å². The van der Waals surface area contributed by atoms with Gasteiger partial charge in [0.05, 0.1) is 17.0 Å². The molecule has 1 aliphatic rings. The molecule has 10 nitrogen and oxygen atoms in total. The number of nitrogens with zero attached hydrogens (tertiary/aromatic N) is 4. The minimum atomic E-state index is -1.36. The average molecular weight is 507 g/mol. The second-order valence-corrected chi connectivity index (χ2v) is 10.1. The molecule has 2 N–H and O–H groups in total. The lowest BCUT2D eigenvalue weighted by atomic mass is 9.79. The van der Waals surface area contributed by atoms with Gasteiger partial charge in [-0.2, -0.15) is 0 Å². The molecule has 11 heteroatoms. The summed E-state index contributed by atoms with van der Waals surface area (Å²) in [7, 11) is 1.61. The van der Waals surface area contributed by atoms with Gasteiger partial charge in [0.15, 0.2) is 11.6 Å². The van der Waals surface area contributed by atoms with Gasteiger partial charge in [-0.1, -0.05) is 19.9 Å². The number of hydrogen-bond acceptors (Lipinski definition) is 5. The Kier molecular flexibility index (Phi) is 8.55. The van der Waals surface area contributed by atoms with Gasteiger partial charge in [-0.15, -0.1) is 0 Å². The molecule has 1 saturated heterocycles. The summed E-state index contributed by atoms with van der Waals surface area (Å²) in [4.78, 5) is 44.9. The number of methoxy groups -OCH3 is 1. The van der Waals surface area contributed by atoms with Gasteiger partial charge in [0, 0.05) is 39.9 Å². The third-order valence-electron chi connectivity index (χ3n) is 6.61. The van der Waals surface area contributed by atoms with Crippen LogP contribution in [0.25, 0.3) is 11.0 Å². The third kappa shape index (κ3) is 5.77. The van der Waals surface area contributed by atoms with Crippen molar-refractivity contribution in [2.75, 3.05) is 33.4 Å². The summed E-state index contributed by atoms with van der Waals surface area (Å²) in [6.07, 6.45) is 0.263. The maximum Gasteiger partial charge on any atom is 0.407 e. The highest BCUT2D eigenvalue weighted by Gasteiger charge is 2.46. The van der Waals surface area contributed by atoms with Gasteiger partial charge in [0.25, 0.3) is 5.91 Å². The van der Waals surface area contributed by atoms with E-state index in [1.54, 1.807) is 23.8 Å². The number of halogens is 1. The van der Waals surface area contributed by atoms with E-state index in [1.807, 2.05) is 13.8 Å². The Morgan fingerprint density at radius 1 is 1.28 bits per heavy atom. The first-order chi connectivity index (χ1) is 17.0. The van der Waals surface area contributed by atoms with Crippen LogP contribution in [0.1, 0.15) is 50.7 Å². The number of carbonyl (C=O) groups excluding carboxylic acids is 1. The number of para-hydroxylation sites is 1. The molecule has 2 aromatic rings. The van der Waals surface area contributed by atoms with Crippen LogP contribution in [0.4, 0.5) is 9.18 Å². The first-order valence-electron chi connectivity index (χ1n) is 12.1. The number of likely N-dealkylation sites (tertiary alicyclic amines) is 1. The zero-order valence-corrected chi connectivity index (χ0v) is 21.2. The zero-order chi connectivity index (χ0) is 26.6. The summed E-state index contributed by atoms with van der Waals surface area (Å²) >= 11 is 0. The number of hydrogen-bond donors (Lipinski definition) is 2. The van der Waals surface area contributed by atoms with E-state index in [1.165, 1.54) is 17.9 Å². The summed E-state index contributed by atoms with van der Waals surface area (Å²) in [6.45, 7) is 6.38. The monoisotopic (exact) mass is 506 g/mol. The SMILES string of the molecule is COCCCCn1c(C(=O)N(CC(C)C)[C@@H]2CN(C(=O)O)C[C@](C)(C(=O)O)C2)nc2c(F)cccc21. The standard InChI is InChI=1S/C25H35FN4O6/c1-16(2)13-30(17-12-25(3,23(32)33)15-28(14-17)24(34)35)22(31)21-27-20-18(26)8-7-9-19(20)29(21)10-5-6-11-36-4/h7-9,16-17H,5-6,10-15H2,1-4H3,(H,32,33)(H,34,35)/t17-,25+/m0/s1. The number of aliphatic carboxylic acids is 1. The van der Waals surface area contributed by atoms with E-state index < -0.39 is 35.2 Å². The minimum Gasteiger partial charge on any atom is -0.481 e. The molecule has 1 aliphatic heterocycles. The third-order valence-corrected chi connectivity index (χ3v) is 6.61. The van der Waals surface area contributed by atoms with Crippen molar-refractivity contribution in [3.8, 4) is 0 Å². The van der Waals surface area contributed by atoms with Crippen LogP contribution in [0.5, 0.6) is 0 Å². The highest BCUT2D eigenvalue weighted by Crippen LogP contribution is 2.33. The second kappa shape index (κ2) is 11.2. The number of fused-ring (bicyclic) bond motifs is 1. The van der Waals surface area contributed by atoms with Crippen LogP contribution < -0.4 is 0 Å². The predicted molar refractivity (Wildman–Crippen MR) is 130 cm³/mol. The molecule has 0 radical (unpaired) electrons. The molecular weight excluding hydrogens is 471 g/mol. The topological polar surface area (TPSA) is 125 Å². The molecule has 3 rings (SSSR count). The first-order valence-corrected chi connectivity index (χ1v) is 12.1. The van der Waals surface area contributed by atoms with E-state index in [0.29, 0.717) is 25.1 Å². The molecule has 2 amide bonds. The van der Waals surface area contributed by atoms with Crippen LogP contribution in [0.15, 0.2) is 18.2 Å². The fraction of sp³-hybridized carbons (Fsp3) is 0.600. The van der Waals surface area contributed by atoms with Crippen molar-refractivity contribution in [3.63, 3.8) is 0 Å². The molecule has 2 atom stereocenters. The zero-order valence-electron chi connectivity index (χ0n) is 21.2. The number of carboxylic acids is 1. The van der Waals surface area contributed by atoms with Crippen molar-refractivity contribution in [2.24, 2.45) is 11.3 Å². The maximum absolute atomic E-state index is 14.6. The number of amides is 2. The van der Waals surface area contributed by atoms with E-state index in [-0.39, 0.29) is 43.3 Å². The Labute approximate surface area is 209 Å². The molecule has 1 aromatic carbocycles. The second-order valence-electron chi connectivity index (χ2n) is 10.1. The van der Waals surface area contributed by atoms with Gasteiger partial charge >= 0.3 is 12.1 Å². The lowest BCUT2D eigenvalue weighted by Crippen LogP contribution is -2.59. The van der Waals surface area contributed by atoms with Crippen LogP contribution in [0.3, 0.4) is 0 Å². The number of imidazole rings is 1. The average Bonchev–Trinajstić information content (AvgIpc) is 3.19. The highest BCUT2D eigenvalue weighted by atomic mass is 19.1. The fourth-order valence-electron chi connectivity index (χ4n) is 4.84. The molecule has 0 unspecified atom stereocenters. The van der Waals surface area contributed by atoms with Gasteiger partial charge in [-0.3, -0.25) is 9.59 Å². The van der Waals surface area contributed by atoms with Crippen molar-refractivity contribution < 1.29 is 33.7 Å². The molecule has 0 spiro atoms. The number of piperidine rings is 1. The number of rotatable bonds is 10. The van der Waals surface area contributed by atoms with E-state index in [0.717, 1.165) is 11.3 Å². The lowest BCUT2D eigenvalue weighted by molar-refractivity contribution is -0.152. The van der Waals surface area contributed by atoms with Crippen molar-refractivity contribution in [1.82, 2.24) is 19.4 Å². The van der Waals surface area contributed by atoms with Crippen molar-refractivity contribution in [1.29, 1.82) is 0 Å². The van der Waals surface area contributed by atoms with E-state index in [4.69, 9.17) is 4.74 Å². The normalized spacial score (nSPS) is 20.2. The van der Waals surface area contributed by atoms with Crippen LogP contribution in [0, 0.1) is 17.2 Å². The smallest absolute Gasteiger partial charge is 0.407 e. The summed E-state index contributed by atoms with van der Waals surface area (Å²) in [5, 5.41) is 19.5. The molecule has 1 fully saturated rings. The number of aryl methyl sites for hydroxylation is 1. The maximum atomic E-state index is 14.6. The molecule has 36 heavy (non-hydrogen) atoms. The fourth-order valence-corrected chi connectivity index (χ4v) is 4.84. The Bertz CT molecular complexity index is 1120. The largest absolute Gasteiger partial charge is 0.481 e. The highest BCUT2D eigenvalue weighted by molar-refractivity contribution is 5.95. The van der Waals surface area contributed by atoms with Crippen molar-refractivity contribution in [2.45, 2.75) is 52.6 Å². The predicted octanol–water partition coefficient (Wildman–Crippen LogP) is 3.54. The van der Waals surface area contributed by atoms with Gasteiger partial charge in [-0.25, -0.2) is 14.2 Å². The van der Waals surface area contributed by atoms with Gasteiger partial charge in [0.1, 0.15) is 5.52 Å².